The number of rotatable bonds is 2. The van der Waals surface area contributed by atoms with Gasteiger partial charge >= 0.3 is 0 Å². The molecule has 1 fully saturated rings. The second-order valence-corrected chi connectivity index (χ2v) is 7.61. The molecule has 0 bridgehead atoms. The van der Waals surface area contributed by atoms with Crippen LogP contribution in [0, 0.1) is 6.92 Å². The Balaban J connectivity index is 1.48. The predicted octanol–water partition coefficient (Wildman–Crippen LogP) is 2.95. The lowest BCUT2D eigenvalue weighted by molar-refractivity contribution is 0.0739. The Bertz CT molecular complexity index is 942. The fraction of sp³-hybridized carbons (Fsp3) is 0.353. The minimum Gasteiger partial charge on any atom is -0.345 e. The van der Waals surface area contributed by atoms with Crippen LogP contribution in [0.1, 0.15) is 16.1 Å². The van der Waals surface area contributed by atoms with Gasteiger partial charge in [0.1, 0.15) is 5.52 Å². The van der Waals surface area contributed by atoms with E-state index in [1.54, 1.807) is 16.0 Å². The number of anilines is 1. The SMILES string of the molecule is Cc1cn(C)nc1C(=O)N1CCN(c2nc3c(Cl)cccc3s2)CC1. The molecule has 0 N–H and O–H groups in total. The molecule has 25 heavy (non-hydrogen) atoms. The van der Waals surface area contributed by atoms with Gasteiger partial charge in [-0.3, -0.25) is 9.48 Å². The predicted molar refractivity (Wildman–Crippen MR) is 101 cm³/mol. The van der Waals surface area contributed by atoms with Gasteiger partial charge in [0.05, 0.1) is 9.72 Å². The van der Waals surface area contributed by atoms with Crippen LogP contribution in [0.15, 0.2) is 24.4 Å². The molecule has 0 spiro atoms. The van der Waals surface area contributed by atoms with Gasteiger partial charge in [-0.1, -0.05) is 29.0 Å². The zero-order valence-corrected chi connectivity index (χ0v) is 15.6. The van der Waals surface area contributed by atoms with E-state index in [4.69, 9.17) is 11.6 Å². The van der Waals surface area contributed by atoms with E-state index >= 15 is 0 Å². The number of fused-ring (bicyclic) bond motifs is 1. The third kappa shape index (κ3) is 2.98. The average molecular weight is 376 g/mol. The van der Waals surface area contributed by atoms with E-state index in [1.807, 2.05) is 43.3 Å². The molecular weight excluding hydrogens is 358 g/mol. The maximum absolute atomic E-state index is 12.7. The van der Waals surface area contributed by atoms with Gasteiger partial charge in [0.25, 0.3) is 5.91 Å². The van der Waals surface area contributed by atoms with Crippen molar-refractivity contribution >= 4 is 44.2 Å². The fourth-order valence-corrected chi connectivity index (χ4v) is 4.42. The number of hydrogen-bond donors (Lipinski definition) is 0. The smallest absolute Gasteiger partial charge is 0.274 e. The molecule has 0 saturated carbocycles. The number of carbonyl (C=O) groups is 1. The summed E-state index contributed by atoms with van der Waals surface area (Å²) in [5.74, 6) is 0.00472. The highest BCUT2D eigenvalue weighted by Crippen LogP contribution is 2.33. The molecule has 0 atom stereocenters. The summed E-state index contributed by atoms with van der Waals surface area (Å²) in [4.78, 5) is 21.4. The van der Waals surface area contributed by atoms with Gasteiger partial charge in [-0.15, -0.1) is 0 Å². The van der Waals surface area contributed by atoms with Crippen molar-refractivity contribution in [2.75, 3.05) is 31.1 Å². The van der Waals surface area contributed by atoms with Gasteiger partial charge in [-0.2, -0.15) is 5.10 Å². The van der Waals surface area contributed by atoms with E-state index < -0.39 is 0 Å². The molecule has 4 rings (SSSR count). The van der Waals surface area contributed by atoms with E-state index in [0.717, 1.165) is 34.0 Å². The number of nitrogens with zero attached hydrogens (tertiary/aromatic N) is 5. The second kappa shape index (κ2) is 6.31. The first-order valence-corrected chi connectivity index (χ1v) is 9.32. The fourth-order valence-electron chi connectivity index (χ4n) is 3.11. The van der Waals surface area contributed by atoms with Crippen LogP contribution in [0.4, 0.5) is 5.13 Å². The van der Waals surface area contributed by atoms with Gasteiger partial charge in [0, 0.05) is 45.0 Å². The Morgan fingerprint density at radius 2 is 2.00 bits per heavy atom. The molecule has 1 aliphatic heterocycles. The Morgan fingerprint density at radius 1 is 1.24 bits per heavy atom. The number of para-hydroxylation sites is 1. The number of thiazole rings is 1. The molecule has 1 amide bonds. The molecule has 8 heteroatoms. The molecule has 3 heterocycles. The highest BCUT2D eigenvalue weighted by atomic mass is 35.5. The van der Waals surface area contributed by atoms with E-state index in [0.29, 0.717) is 23.8 Å². The summed E-state index contributed by atoms with van der Waals surface area (Å²) in [6.07, 6.45) is 1.87. The Morgan fingerprint density at radius 3 is 2.64 bits per heavy atom. The Labute approximate surface area is 154 Å². The van der Waals surface area contributed by atoms with Crippen LogP contribution in [0.5, 0.6) is 0 Å². The normalized spacial score (nSPS) is 15.2. The zero-order chi connectivity index (χ0) is 17.6. The number of carbonyl (C=O) groups excluding carboxylic acids is 1. The van der Waals surface area contributed by atoms with Gasteiger partial charge < -0.3 is 9.80 Å². The number of amides is 1. The monoisotopic (exact) mass is 375 g/mol. The van der Waals surface area contributed by atoms with Crippen molar-refractivity contribution in [3.05, 3.63) is 40.7 Å². The first-order chi connectivity index (χ1) is 12.0. The quantitative estimate of drug-likeness (QED) is 0.691. The summed E-state index contributed by atoms with van der Waals surface area (Å²) in [5.41, 5.74) is 2.31. The van der Waals surface area contributed by atoms with Crippen LogP contribution in [-0.4, -0.2) is 51.8 Å². The highest BCUT2D eigenvalue weighted by molar-refractivity contribution is 7.22. The van der Waals surface area contributed by atoms with Crippen molar-refractivity contribution in [2.45, 2.75) is 6.92 Å². The zero-order valence-electron chi connectivity index (χ0n) is 14.1. The van der Waals surface area contributed by atoms with Crippen LogP contribution in [-0.2, 0) is 7.05 Å². The second-order valence-electron chi connectivity index (χ2n) is 6.20. The van der Waals surface area contributed by atoms with Crippen molar-refractivity contribution in [2.24, 2.45) is 7.05 Å². The van der Waals surface area contributed by atoms with Crippen molar-refractivity contribution in [1.82, 2.24) is 19.7 Å². The van der Waals surface area contributed by atoms with E-state index in [9.17, 15) is 4.79 Å². The summed E-state index contributed by atoms with van der Waals surface area (Å²) < 4.78 is 2.77. The molecule has 0 radical (unpaired) electrons. The van der Waals surface area contributed by atoms with E-state index in [1.165, 1.54) is 0 Å². The topological polar surface area (TPSA) is 54.3 Å². The minimum absolute atomic E-state index is 0.00472. The number of aryl methyl sites for hydroxylation is 2. The number of hydrogen-bond acceptors (Lipinski definition) is 5. The number of halogens is 1. The lowest BCUT2D eigenvalue weighted by Gasteiger charge is -2.34. The van der Waals surface area contributed by atoms with Gasteiger partial charge in [0.2, 0.25) is 0 Å². The lowest BCUT2D eigenvalue weighted by Crippen LogP contribution is -2.49. The molecule has 1 aromatic carbocycles. The van der Waals surface area contributed by atoms with Crippen LogP contribution in [0.25, 0.3) is 10.2 Å². The lowest BCUT2D eigenvalue weighted by atomic mass is 10.2. The van der Waals surface area contributed by atoms with Gasteiger partial charge in [-0.05, 0) is 19.1 Å². The van der Waals surface area contributed by atoms with E-state index in [2.05, 4.69) is 15.0 Å². The minimum atomic E-state index is 0.00472. The van der Waals surface area contributed by atoms with Crippen LogP contribution < -0.4 is 4.90 Å². The van der Waals surface area contributed by atoms with Crippen molar-refractivity contribution in [1.29, 1.82) is 0 Å². The summed E-state index contributed by atoms with van der Waals surface area (Å²) in [6.45, 7) is 4.77. The van der Waals surface area contributed by atoms with Crippen molar-refractivity contribution < 1.29 is 4.79 Å². The maximum Gasteiger partial charge on any atom is 0.274 e. The van der Waals surface area contributed by atoms with Crippen LogP contribution in [0.3, 0.4) is 0 Å². The van der Waals surface area contributed by atoms with Gasteiger partial charge in [-0.25, -0.2) is 4.98 Å². The van der Waals surface area contributed by atoms with Crippen LogP contribution in [0.2, 0.25) is 5.02 Å². The highest BCUT2D eigenvalue weighted by Gasteiger charge is 2.26. The van der Waals surface area contributed by atoms with Crippen LogP contribution >= 0.6 is 22.9 Å². The third-order valence-corrected chi connectivity index (χ3v) is 5.80. The van der Waals surface area contributed by atoms with Gasteiger partial charge in [0.15, 0.2) is 10.8 Å². The standard InChI is InChI=1S/C17H18ClN5OS/c1-11-10-21(2)20-14(11)16(24)22-6-8-23(9-7-22)17-19-15-12(18)4-3-5-13(15)25-17/h3-5,10H,6-9H2,1-2H3. The number of piperazine rings is 1. The molecule has 0 aliphatic carbocycles. The summed E-state index contributed by atoms with van der Waals surface area (Å²) in [6, 6.07) is 5.84. The molecular formula is C17H18ClN5OS. The number of aromatic nitrogens is 3. The molecule has 2 aromatic heterocycles. The van der Waals surface area contributed by atoms with Crippen molar-refractivity contribution in [3.63, 3.8) is 0 Å². The third-order valence-electron chi connectivity index (χ3n) is 4.41. The Hall–Kier alpha value is -2.12. The first-order valence-electron chi connectivity index (χ1n) is 8.12. The van der Waals surface area contributed by atoms with E-state index in [-0.39, 0.29) is 5.91 Å². The molecule has 3 aromatic rings. The molecule has 6 nitrogen and oxygen atoms in total. The summed E-state index contributed by atoms with van der Waals surface area (Å²) in [7, 11) is 1.83. The molecule has 1 saturated heterocycles. The summed E-state index contributed by atoms with van der Waals surface area (Å²) in [5, 5.41) is 5.93. The maximum atomic E-state index is 12.7. The Kier molecular flexibility index (Phi) is 4.13. The number of benzene rings is 1. The molecule has 130 valence electrons. The first kappa shape index (κ1) is 16.4. The average Bonchev–Trinajstić information content (AvgIpc) is 3.18. The van der Waals surface area contributed by atoms with Crippen molar-refractivity contribution in [3.8, 4) is 0 Å². The summed E-state index contributed by atoms with van der Waals surface area (Å²) >= 11 is 7.86. The molecule has 1 aliphatic rings. The largest absolute Gasteiger partial charge is 0.345 e. The molecule has 0 unspecified atom stereocenters.